The second kappa shape index (κ2) is 8.63. The molecule has 0 nitrogen and oxygen atoms in total. The zero-order chi connectivity index (χ0) is 12.5. The Morgan fingerprint density at radius 3 is 2.18 bits per heavy atom. The molecule has 1 heteroatoms. The van der Waals surface area contributed by atoms with Crippen LogP contribution in [0.5, 0.6) is 0 Å². The Morgan fingerprint density at radius 1 is 0.882 bits per heavy atom. The van der Waals surface area contributed by atoms with Crippen LogP contribution in [-0.4, -0.2) is 0 Å². The summed E-state index contributed by atoms with van der Waals surface area (Å²) in [6, 6.07) is 6.78. The largest absolute Gasteiger partial charge is 0.143 e. The Morgan fingerprint density at radius 2 is 1.53 bits per heavy atom. The summed E-state index contributed by atoms with van der Waals surface area (Å²) in [5.74, 6) is 0. The molecule has 0 aliphatic heterocycles. The Labute approximate surface area is 112 Å². The van der Waals surface area contributed by atoms with E-state index < -0.39 is 0 Å². The molecule has 0 aromatic heterocycles. The SMILES string of the molecule is CCCCCc1ccc(S)c(CCCCC)c1. The fraction of sp³-hybridized carbons (Fsp3) is 0.625. The predicted molar refractivity (Wildman–Crippen MR) is 80.2 cm³/mol. The molecule has 0 atom stereocenters. The van der Waals surface area contributed by atoms with E-state index in [9.17, 15) is 0 Å². The molecule has 96 valence electrons. The normalized spacial score (nSPS) is 10.8. The van der Waals surface area contributed by atoms with E-state index in [2.05, 4.69) is 44.7 Å². The molecule has 0 aliphatic rings. The first-order valence-corrected chi connectivity index (χ1v) is 7.53. The monoisotopic (exact) mass is 250 g/mol. The van der Waals surface area contributed by atoms with Crippen LogP contribution >= 0.6 is 12.6 Å². The average molecular weight is 250 g/mol. The third kappa shape index (κ3) is 5.63. The molecule has 0 saturated heterocycles. The van der Waals surface area contributed by atoms with Crippen molar-refractivity contribution < 1.29 is 0 Å². The van der Waals surface area contributed by atoms with Gasteiger partial charge in [0.1, 0.15) is 0 Å². The predicted octanol–water partition coefficient (Wildman–Crippen LogP) is 5.44. The summed E-state index contributed by atoms with van der Waals surface area (Å²) >= 11 is 4.56. The standard InChI is InChI=1S/C16H26S/c1-3-5-7-9-14-11-12-16(17)15(13-14)10-8-6-4-2/h11-13,17H,3-10H2,1-2H3. The molecule has 0 bridgehead atoms. The van der Waals surface area contributed by atoms with Crippen molar-refractivity contribution in [3.63, 3.8) is 0 Å². The van der Waals surface area contributed by atoms with Gasteiger partial charge in [-0.05, 0) is 42.9 Å². The fourth-order valence-corrected chi connectivity index (χ4v) is 2.39. The van der Waals surface area contributed by atoms with Gasteiger partial charge in [-0.2, -0.15) is 0 Å². The zero-order valence-electron chi connectivity index (χ0n) is 11.3. The van der Waals surface area contributed by atoms with Gasteiger partial charge in [-0.25, -0.2) is 0 Å². The molecular formula is C16H26S. The van der Waals surface area contributed by atoms with Crippen LogP contribution in [0.3, 0.4) is 0 Å². The third-order valence-corrected chi connectivity index (χ3v) is 3.70. The Bertz CT molecular complexity index is 317. The van der Waals surface area contributed by atoms with Gasteiger partial charge in [0.25, 0.3) is 0 Å². The topological polar surface area (TPSA) is 0 Å². The number of hydrogen-bond acceptors (Lipinski definition) is 1. The van der Waals surface area contributed by atoms with E-state index in [4.69, 9.17) is 0 Å². The number of rotatable bonds is 8. The van der Waals surface area contributed by atoms with Gasteiger partial charge >= 0.3 is 0 Å². The van der Waals surface area contributed by atoms with E-state index >= 15 is 0 Å². The molecule has 0 aliphatic carbocycles. The summed E-state index contributed by atoms with van der Waals surface area (Å²) in [6.45, 7) is 4.51. The summed E-state index contributed by atoms with van der Waals surface area (Å²) in [5, 5.41) is 0. The highest BCUT2D eigenvalue weighted by Crippen LogP contribution is 2.19. The minimum absolute atomic E-state index is 1.17. The summed E-state index contributed by atoms with van der Waals surface area (Å²) in [5.41, 5.74) is 2.93. The fourth-order valence-electron chi connectivity index (χ4n) is 2.14. The van der Waals surface area contributed by atoms with E-state index in [1.807, 2.05) is 0 Å². The maximum Gasteiger partial charge on any atom is 0.00722 e. The van der Waals surface area contributed by atoms with Gasteiger partial charge in [0.2, 0.25) is 0 Å². The summed E-state index contributed by atoms with van der Waals surface area (Å²) in [4.78, 5) is 1.17. The molecule has 0 fully saturated rings. The van der Waals surface area contributed by atoms with E-state index in [1.165, 1.54) is 67.4 Å². The van der Waals surface area contributed by atoms with Crippen molar-refractivity contribution in [3.8, 4) is 0 Å². The first kappa shape index (κ1) is 14.6. The molecule has 17 heavy (non-hydrogen) atoms. The van der Waals surface area contributed by atoms with Crippen LogP contribution in [0.4, 0.5) is 0 Å². The average Bonchev–Trinajstić information content (AvgIpc) is 2.33. The minimum Gasteiger partial charge on any atom is -0.143 e. The van der Waals surface area contributed by atoms with Crippen LogP contribution in [0.2, 0.25) is 0 Å². The lowest BCUT2D eigenvalue weighted by Gasteiger charge is -2.08. The van der Waals surface area contributed by atoms with Gasteiger partial charge in [0.05, 0.1) is 0 Å². The maximum absolute atomic E-state index is 4.56. The second-order valence-electron chi connectivity index (χ2n) is 4.88. The number of thiol groups is 1. The third-order valence-electron chi connectivity index (χ3n) is 3.26. The number of hydrogen-bond donors (Lipinski definition) is 1. The molecule has 0 saturated carbocycles. The van der Waals surface area contributed by atoms with Crippen LogP contribution < -0.4 is 0 Å². The number of benzene rings is 1. The van der Waals surface area contributed by atoms with Gasteiger partial charge in [0.15, 0.2) is 0 Å². The molecule has 0 spiro atoms. The quantitative estimate of drug-likeness (QED) is 0.461. The highest BCUT2D eigenvalue weighted by molar-refractivity contribution is 7.80. The Hall–Kier alpha value is -0.430. The zero-order valence-corrected chi connectivity index (χ0v) is 12.2. The van der Waals surface area contributed by atoms with E-state index in [1.54, 1.807) is 0 Å². The van der Waals surface area contributed by atoms with Crippen LogP contribution in [0.25, 0.3) is 0 Å². The van der Waals surface area contributed by atoms with Gasteiger partial charge in [-0.15, -0.1) is 12.6 Å². The van der Waals surface area contributed by atoms with E-state index in [-0.39, 0.29) is 0 Å². The molecule has 0 radical (unpaired) electrons. The first-order chi connectivity index (χ1) is 8.27. The second-order valence-corrected chi connectivity index (χ2v) is 5.36. The molecular weight excluding hydrogens is 224 g/mol. The van der Waals surface area contributed by atoms with Crippen molar-refractivity contribution in [3.05, 3.63) is 29.3 Å². The van der Waals surface area contributed by atoms with Gasteiger partial charge < -0.3 is 0 Å². The maximum atomic E-state index is 4.56. The van der Waals surface area contributed by atoms with Crippen molar-refractivity contribution in [1.29, 1.82) is 0 Å². The molecule has 1 aromatic carbocycles. The molecule has 0 unspecified atom stereocenters. The van der Waals surface area contributed by atoms with E-state index in [0.29, 0.717) is 0 Å². The van der Waals surface area contributed by atoms with Gasteiger partial charge in [-0.3, -0.25) is 0 Å². The van der Waals surface area contributed by atoms with Crippen molar-refractivity contribution in [2.75, 3.05) is 0 Å². The van der Waals surface area contributed by atoms with Crippen molar-refractivity contribution in [2.24, 2.45) is 0 Å². The smallest absolute Gasteiger partial charge is 0.00722 e. The molecule has 0 N–H and O–H groups in total. The lowest BCUT2D eigenvalue weighted by atomic mass is 10.0. The highest BCUT2D eigenvalue weighted by Gasteiger charge is 2.01. The molecule has 0 amide bonds. The molecule has 1 rings (SSSR count). The Kier molecular flexibility index (Phi) is 7.43. The van der Waals surface area contributed by atoms with Crippen molar-refractivity contribution in [1.82, 2.24) is 0 Å². The summed E-state index contributed by atoms with van der Waals surface area (Å²) in [6.07, 6.45) is 10.3. The van der Waals surface area contributed by atoms with E-state index in [0.717, 1.165) is 0 Å². The molecule has 0 heterocycles. The Balaban J connectivity index is 2.53. The summed E-state index contributed by atoms with van der Waals surface area (Å²) in [7, 11) is 0. The first-order valence-electron chi connectivity index (χ1n) is 7.08. The van der Waals surface area contributed by atoms with Crippen LogP contribution in [0.15, 0.2) is 23.1 Å². The summed E-state index contributed by atoms with van der Waals surface area (Å²) < 4.78 is 0. The van der Waals surface area contributed by atoms with Gasteiger partial charge in [-0.1, -0.05) is 51.7 Å². The lowest BCUT2D eigenvalue weighted by molar-refractivity contribution is 0.704. The number of unbranched alkanes of at least 4 members (excludes halogenated alkanes) is 4. The lowest BCUT2D eigenvalue weighted by Crippen LogP contribution is -1.92. The van der Waals surface area contributed by atoms with Crippen molar-refractivity contribution >= 4 is 12.6 Å². The highest BCUT2D eigenvalue weighted by atomic mass is 32.1. The van der Waals surface area contributed by atoms with Crippen LogP contribution in [-0.2, 0) is 12.8 Å². The number of aryl methyl sites for hydroxylation is 2. The van der Waals surface area contributed by atoms with Crippen molar-refractivity contribution in [2.45, 2.75) is 70.1 Å². The van der Waals surface area contributed by atoms with Gasteiger partial charge in [0, 0.05) is 4.90 Å². The molecule has 1 aromatic rings. The van der Waals surface area contributed by atoms with Crippen LogP contribution in [0.1, 0.15) is 63.5 Å². The van der Waals surface area contributed by atoms with Crippen LogP contribution in [0, 0.1) is 0 Å². The minimum atomic E-state index is 1.17.